The third kappa shape index (κ3) is 4.01. The number of pyridine rings is 1. The lowest BCUT2D eigenvalue weighted by atomic mass is 10.1. The van der Waals surface area contributed by atoms with E-state index >= 15 is 0 Å². The predicted octanol–water partition coefficient (Wildman–Crippen LogP) is 3.07. The Labute approximate surface area is 161 Å². The van der Waals surface area contributed by atoms with Crippen LogP contribution < -0.4 is 10.1 Å². The van der Waals surface area contributed by atoms with Crippen molar-refractivity contribution in [3.05, 3.63) is 76.7 Å². The summed E-state index contributed by atoms with van der Waals surface area (Å²) in [7, 11) is 0. The molecule has 0 saturated heterocycles. The molecule has 27 heavy (non-hydrogen) atoms. The minimum absolute atomic E-state index is 0.165. The molecular formula is C20H17ClN4O2. The average Bonchev–Trinajstić information content (AvgIpc) is 3.09. The molecule has 1 N–H and O–H groups in total. The molecule has 3 heterocycles. The maximum absolute atomic E-state index is 12.0. The molecule has 0 aliphatic carbocycles. The number of nitrogens with zero attached hydrogens (tertiary/aromatic N) is 3. The number of benzene rings is 1. The molecule has 0 unspecified atom stereocenters. The van der Waals surface area contributed by atoms with E-state index in [0.717, 1.165) is 28.4 Å². The molecule has 1 aliphatic rings. The van der Waals surface area contributed by atoms with Crippen LogP contribution in [0.2, 0.25) is 5.02 Å². The molecule has 3 aromatic rings. The Balaban J connectivity index is 1.33. The van der Waals surface area contributed by atoms with Crippen LogP contribution in [0.25, 0.3) is 11.7 Å². The van der Waals surface area contributed by atoms with Gasteiger partial charge in [-0.15, -0.1) is 10.2 Å². The largest absolute Gasteiger partial charge is 0.488 e. The fourth-order valence-electron chi connectivity index (χ4n) is 2.86. The molecule has 0 radical (unpaired) electrons. The monoisotopic (exact) mass is 380 g/mol. The quantitative estimate of drug-likeness (QED) is 0.691. The highest BCUT2D eigenvalue weighted by Gasteiger charge is 2.10. The first-order valence-electron chi connectivity index (χ1n) is 8.56. The van der Waals surface area contributed by atoms with Gasteiger partial charge in [0.15, 0.2) is 5.65 Å². The molecule has 136 valence electrons. The number of ether oxygens (including phenoxy) is 1. The van der Waals surface area contributed by atoms with Crippen molar-refractivity contribution in [1.82, 2.24) is 19.9 Å². The van der Waals surface area contributed by atoms with Gasteiger partial charge in [-0.1, -0.05) is 23.7 Å². The second kappa shape index (κ2) is 7.63. The fourth-order valence-corrected chi connectivity index (χ4v) is 3.04. The Hall–Kier alpha value is -3.12. The smallest absolute Gasteiger partial charge is 0.244 e. The van der Waals surface area contributed by atoms with Gasteiger partial charge in [-0.2, -0.15) is 0 Å². The van der Waals surface area contributed by atoms with E-state index in [1.54, 1.807) is 12.1 Å². The van der Waals surface area contributed by atoms with Crippen LogP contribution in [-0.2, 0) is 11.2 Å². The van der Waals surface area contributed by atoms with E-state index in [1.807, 2.05) is 47.0 Å². The van der Waals surface area contributed by atoms with Gasteiger partial charge in [0.2, 0.25) is 5.91 Å². The summed E-state index contributed by atoms with van der Waals surface area (Å²) < 4.78 is 7.58. The number of nitrogens with one attached hydrogen (secondary N) is 1. The van der Waals surface area contributed by atoms with Crippen molar-refractivity contribution in [2.45, 2.75) is 6.42 Å². The molecule has 1 amide bonds. The van der Waals surface area contributed by atoms with Crippen molar-refractivity contribution in [2.24, 2.45) is 0 Å². The number of rotatable bonds is 5. The van der Waals surface area contributed by atoms with Crippen molar-refractivity contribution < 1.29 is 9.53 Å². The van der Waals surface area contributed by atoms with Crippen LogP contribution in [-0.4, -0.2) is 33.7 Å². The second-order valence-electron chi connectivity index (χ2n) is 6.11. The van der Waals surface area contributed by atoms with Crippen molar-refractivity contribution in [3.63, 3.8) is 0 Å². The Morgan fingerprint density at radius 1 is 1.30 bits per heavy atom. The normalized spacial score (nSPS) is 13.3. The molecule has 0 atom stereocenters. The highest BCUT2D eigenvalue weighted by atomic mass is 35.5. The summed E-state index contributed by atoms with van der Waals surface area (Å²) in [4.78, 5) is 12.0. The summed E-state index contributed by atoms with van der Waals surface area (Å²) in [6, 6.07) is 11.2. The molecule has 6 nitrogen and oxygen atoms in total. The summed E-state index contributed by atoms with van der Waals surface area (Å²) in [5, 5.41) is 11.7. The minimum atomic E-state index is -0.165. The van der Waals surface area contributed by atoms with Crippen molar-refractivity contribution in [3.8, 4) is 5.75 Å². The number of fused-ring (bicyclic) bond motifs is 2. The fraction of sp³-hybridized carbons (Fsp3) is 0.150. The number of halogens is 1. The van der Waals surface area contributed by atoms with Crippen LogP contribution in [0.5, 0.6) is 5.75 Å². The Kier molecular flexibility index (Phi) is 4.89. The third-order valence-electron chi connectivity index (χ3n) is 4.19. The van der Waals surface area contributed by atoms with Crippen molar-refractivity contribution in [2.75, 3.05) is 13.2 Å². The molecule has 4 rings (SSSR count). The van der Waals surface area contributed by atoms with E-state index in [4.69, 9.17) is 16.3 Å². The Morgan fingerprint density at radius 2 is 2.22 bits per heavy atom. The zero-order chi connectivity index (χ0) is 18.6. The van der Waals surface area contributed by atoms with Gasteiger partial charge in [-0.25, -0.2) is 0 Å². The minimum Gasteiger partial charge on any atom is -0.488 e. The highest BCUT2D eigenvalue weighted by Crippen LogP contribution is 2.29. The van der Waals surface area contributed by atoms with Crippen LogP contribution in [0.4, 0.5) is 0 Å². The number of hydrogen-bond donors (Lipinski definition) is 1. The van der Waals surface area contributed by atoms with Gasteiger partial charge in [-0.05, 0) is 42.0 Å². The molecule has 7 heteroatoms. The summed E-state index contributed by atoms with van der Waals surface area (Å²) in [5.74, 6) is 1.44. The van der Waals surface area contributed by atoms with Crippen LogP contribution >= 0.6 is 11.6 Å². The lowest BCUT2D eigenvalue weighted by Crippen LogP contribution is -2.24. The van der Waals surface area contributed by atoms with E-state index in [9.17, 15) is 4.79 Å². The maximum Gasteiger partial charge on any atom is 0.244 e. The summed E-state index contributed by atoms with van der Waals surface area (Å²) in [5.41, 5.74) is 2.61. The van der Waals surface area contributed by atoms with Gasteiger partial charge < -0.3 is 10.1 Å². The summed E-state index contributed by atoms with van der Waals surface area (Å²) >= 11 is 6.01. The van der Waals surface area contributed by atoms with Crippen LogP contribution in [0.3, 0.4) is 0 Å². The number of aromatic nitrogens is 3. The molecule has 0 spiro atoms. The van der Waals surface area contributed by atoms with Gasteiger partial charge in [0.25, 0.3) is 0 Å². The first-order chi connectivity index (χ1) is 13.2. The van der Waals surface area contributed by atoms with E-state index in [1.165, 1.54) is 6.08 Å². The number of carbonyl (C=O) groups is 1. The van der Waals surface area contributed by atoms with Crippen molar-refractivity contribution >= 4 is 29.2 Å². The first kappa shape index (κ1) is 17.3. The van der Waals surface area contributed by atoms with Gasteiger partial charge in [0.05, 0.1) is 0 Å². The van der Waals surface area contributed by atoms with Crippen LogP contribution in [0.15, 0.2) is 60.3 Å². The maximum atomic E-state index is 12.0. The Bertz CT molecular complexity index is 1060. The van der Waals surface area contributed by atoms with Crippen LogP contribution in [0.1, 0.15) is 11.4 Å². The molecule has 1 aromatic carbocycles. The van der Waals surface area contributed by atoms with E-state index in [2.05, 4.69) is 15.5 Å². The average molecular weight is 381 g/mol. The lowest BCUT2D eigenvalue weighted by molar-refractivity contribution is -0.116. The van der Waals surface area contributed by atoms with E-state index < -0.39 is 0 Å². The zero-order valence-electron chi connectivity index (χ0n) is 14.4. The standard InChI is InChI=1S/C20H17ClN4O2/c21-16-5-6-17-15(12-16)11-14(13-27-17)4-7-20(26)22-9-8-19-24-23-18-3-1-2-10-25(18)19/h1-7,10-12H,8-9,13H2,(H,22,26)/b7-4-. The second-order valence-corrected chi connectivity index (χ2v) is 6.55. The third-order valence-corrected chi connectivity index (χ3v) is 4.42. The molecule has 0 saturated carbocycles. The zero-order valence-corrected chi connectivity index (χ0v) is 15.2. The van der Waals surface area contributed by atoms with Gasteiger partial charge in [-0.3, -0.25) is 9.20 Å². The molecule has 2 aromatic heterocycles. The number of hydrogen-bond acceptors (Lipinski definition) is 4. The molecule has 1 aliphatic heterocycles. The SMILES string of the molecule is O=C(/C=C\C1=Cc2cc(Cl)ccc2OC1)NCCc1nnc2ccccn12. The van der Waals surface area contributed by atoms with Gasteiger partial charge in [0.1, 0.15) is 18.2 Å². The number of carbonyl (C=O) groups excluding carboxylic acids is 1. The number of amides is 1. The summed E-state index contributed by atoms with van der Waals surface area (Å²) in [6.45, 7) is 0.900. The molecule has 0 fully saturated rings. The van der Waals surface area contributed by atoms with E-state index in [-0.39, 0.29) is 5.91 Å². The van der Waals surface area contributed by atoms with Crippen LogP contribution in [0, 0.1) is 0 Å². The predicted molar refractivity (Wildman–Crippen MR) is 104 cm³/mol. The van der Waals surface area contributed by atoms with Gasteiger partial charge in [0, 0.05) is 35.8 Å². The molecule has 0 bridgehead atoms. The Morgan fingerprint density at radius 3 is 3.15 bits per heavy atom. The first-order valence-corrected chi connectivity index (χ1v) is 8.94. The highest BCUT2D eigenvalue weighted by molar-refractivity contribution is 6.30. The summed E-state index contributed by atoms with van der Waals surface area (Å²) in [6.07, 6.45) is 7.74. The topological polar surface area (TPSA) is 68.5 Å². The van der Waals surface area contributed by atoms with Crippen molar-refractivity contribution in [1.29, 1.82) is 0 Å². The van der Waals surface area contributed by atoms with Gasteiger partial charge >= 0.3 is 0 Å². The van der Waals surface area contributed by atoms with E-state index in [0.29, 0.717) is 24.6 Å². The lowest BCUT2D eigenvalue weighted by Gasteiger charge is -2.16. The molecular weight excluding hydrogens is 364 g/mol.